The first-order valence-corrected chi connectivity index (χ1v) is 8.23. The highest BCUT2D eigenvalue weighted by Gasteiger charge is 2.17. The highest BCUT2D eigenvalue weighted by Crippen LogP contribution is 2.27. The third kappa shape index (κ3) is 6.27. The van der Waals surface area contributed by atoms with Gasteiger partial charge in [0, 0.05) is 11.1 Å². The average molecular weight is 393 g/mol. The zero-order valence-electron chi connectivity index (χ0n) is 14.7. The van der Waals surface area contributed by atoms with Gasteiger partial charge in [0.2, 0.25) is 0 Å². The van der Waals surface area contributed by atoms with Crippen molar-refractivity contribution in [3.8, 4) is 5.75 Å². The van der Waals surface area contributed by atoms with Gasteiger partial charge in [-0.05, 0) is 49.2 Å². The predicted octanol–water partition coefficient (Wildman–Crippen LogP) is 3.43. The van der Waals surface area contributed by atoms with Crippen molar-refractivity contribution in [3.05, 3.63) is 62.7 Å². The van der Waals surface area contributed by atoms with E-state index in [0.717, 1.165) is 17.2 Å². The van der Waals surface area contributed by atoms with Crippen LogP contribution in [0.1, 0.15) is 11.1 Å². The van der Waals surface area contributed by atoms with Gasteiger partial charge in [-0.2, -0.15) is 0 Å². The van der Waals surface area contributed by atoms with Crippen LogP contribution in [0.3, 0.4) is 0 Å². The first kappa shape index (κ1) is 20.2. The standard InChI is InChI=1S/C18H17ClN2O6/c1-11-5-12(2)7-14(6-11)26-10-18(23)27-9-17(22)20-15-4-3-13(19)8-16(15)21(24)25/h3-8H,9-10H2,1-2H3,(H,20,22). The zero-order chi connectivity index (χ0) is 20.0. The number of anilines is 1. The fourth-order valence-corrected chi connectivity index (χ4v) is 2.46. The molecule has 2 aromatic rings. The number of nitro benzene ring substituents is 1. The first-order valence-electron chi connectivity index (χ1n) is 7.85. The second-order valence-corrected chi connectivity index (χ2v) is 6.18. The Balaban J connectivity index is 1.85. The van der Waals surface area contributed by atoms with Crippen molar-refractivity contribution in [1.82, 2.24) is 0 Å². The molecule has 1 amide bonds. The molecule has 0 aromatic heterocycles. The van der Waals surface area contributed by atoms with Gasteiger partial charge in [-0.3, -0.25) is 14.9 Å². The number of rotatable bonds is 7. The van der Waals surface area contributed by atoms with Gasteiger partial charge < -0.3 is 14.8 Å². The fraction of sp³-hybridized carbons (Fsp3) is 0.222. The van der Waals surface area contributed by atoms with Crippen molar-refractivity contribution in [1.29, 1.82) is 0 Å². The summed E-state index contributed by atoms with van der Waals surface area (Å²) < 4.78 is 10.1. The van der Waals surface area contributed by atoms with E-state index >= 15 is 0 Å². The van der Waals surface area contributed by atoms with E-state index in [0.29, 0.717) is 5.75 Å². The molecule has 2 aromatic carbocycles. The summed E-state index contributed by atoms with van der Waals surface area (Å²) in [5.74, 6) is -0.944. The smallest absolute Gasteiger partial charge is 0.344 e. The summed E-state index contributed by atoms with van der Waals surface area (Å²) in [7, 11) is 0. The predicted molar refractivity (Wildman–Crippen MR) is 99.1 cm³/mol. The van der Waals surface area contributed by atoms with E-state index in [1.54, 1.807) is 12.1 Å². The number of benzene rings is 2. The van der Waals surface area contributed by atoms with E-state index in [9.17, 15) is 19.7 Å². The number of halogens is 1. The van der Waals surface area contributed by atoms with Crippen LogP contribution in [0.4, 0.5) is 11.4 Å². The van der Waals surface area contributed by atoms with E-state index in [1.165, 1.54) is 12.1 Å². The molecule has 0 spiro atoms. The van der Waals surface area contributed by atoms with Crippen molar-refractivity contribution in [3.63, 3.8) is 0 Å². The first-order chi connectivity index (χ1) is 12.7. The van der Waals surface area contributed by atoms with E-state index in [4.69, 9.17) is 21.1 Å². The van der Waals surface area contributed by atoms with Crippen LogP contribution in [0.2, 0.25) is 5.02 Å². The van der Waals surface area contributed by atoms with Crippen molar-refractivity contribution < 1.29 is 24.0 Å². The Kier molecular flexibility index (Phi) is 6.73. The van der Waals surface area contributed by atoms with Crippen LogP contribution in [0, 0.1) is 24.0 Å². The van der Waals surface area contributed by atoms with Gasteiger partial charge in [0.05, 0.1) is 4.92 Å². The maximum atomic E-state index is 11.9. The van der Waals surface area contributed by atoms with Gasteiger partial charge in [0.15, 0.2) is 13.2 Å². The second kappa shape index (κ2) is 9.00. The van der Waals surface area contributed by atoms with Crippen molar-refractivity contribution in [2.75, 3.05) is 18.5 Å². The highest BCUT2D eigenvalue weighted by molar-refractivity contribution is 6.31. The van der Waals surface area contributed by atoms with Gasteiger partial charge in [0.1, 0.15) is 11.4 Å². The minimum absolute atomic E-state index is 0.0445. The monoisotopic (exact) mass is 392 g/mol. The van der Waals surface area contributed by atoms with Gasteiger partial charge in [-0.1, -0.05) is 17.7 Å². The summed E-state index contributed by atoms with van der Waals surface area (Å²) in [4.78, 5) is 33.9. The quantitative estimate of drug-likeness (QED) is 0.439. The molecule has 142 valence electrons. The van der Waals surface area contributed by atoms with Crippen LogP contribution in [0.15, 0.2) is 36.4 Å². The van der Waals surface area contributed by atoms with Crippen molar-refractivity contribution in [2.45, 2.75) is 13.8 Å². The van der Waals surface area contributed by atoms with Crippen LogP contribution < -0.4 is 10.1 Å². The molecule has 0 aliphatic rings. The molecule has 8 nitrogen and oxygen atoms in total. The molecule has 0 fully saturated rings. The van der Waals surface area contributed by atoms with Crippen LogP contribution in [0.25, 0.3) is 0 Å². The van der Waals surface area contributed by atoms with Crippen molar-refractivity contribution >= 4 is 34.9 Å². The maximum Gasteiger partial charge on any atom is 0.344 e. The van der Waals surface area contributed by atoms with Gasteiger partial charge in [-0.25, -0.2) is 4.79 Å². The number of nitrogens with one attached hydrogen (secondary N) is 1. The molecule has 0 bridgehead atoms. The Morgan fingerprint density at radius 1 is 1.11 bits per heavy atom. The third-order valence-corrected chi connectivity index (χ3v) is 3.58. The lowest BCUT2D eigenvalue weighted by molar-refractivity contribution is -0.383. The molecule has 0 aliphatic carbocycles. The van der Waals surface area contributed by atoms with E-state index in [-0.39, 0.29) is 23.0 Å². The number of nitro groups is 1. The number of amides is 1. The number of esters is 1. The highest BCUT2D eigenvalue weighted by atomic mass is 35.5. The molecule has 1 N–H and O–H groups in total. The number of nitrogens with zero attached hydrogens (tertiary/aromatic N) is 1. The molecule has 0 aliphatic heterocycles. The van der Waals surface area contributed by atoms with Gasteiger partial charge >= 0.3 is 5.97 Å². The summed E-state index contributed by atoms with van der Waals surface area (Å²) in [5.41, 5.74) is 1.57. The maximum absolute atomic E-state index is 11.9. The van der Waals surface area contributed by atoms with E-state index in [1.807, 2.05) is 19.9 Å². The Labute approximate surface area is 160 Å². The molecule has 0 saturated carbocycles. The van der Waals surface area contributed by atoms with Crippen LogP contribution in [-0.4, -0.2) is 30.0 Å². The minimum Gasteiger partial charge on any atom is -0.482 e. The SMILES string of the molecule is Cc1cc(C)cc(OCC(=O)OCC(=O)Nc2ccc(Cl)cc2[N+](=O)[O-])c1. The Morgan fingerprint density at radius 2 is 1.78 bits per heavy atom. The third-order valence-electron chi connectivity index (χ3n) is 3.35. The molecule has 0 atom stereocenters. The largest absolute Gasteiger partial charge is 0.482 e. The summed E-state index contributed by atoms with van der Waals surface area (Å²) in [6.45, 7) is 2.84. The fourth-order valence-electron chi connectivity index (χ4n) is 2.29. The molecule has 2 rings (SSSR count). The zero-order valence-corrected chi connectivity index (χ0v) is 15.4. The van der Waals surface area contributed by atoms with Gasteiger partial charge in [-0.15, -0.1) is 0 Å². The number of carbonyl (C=O) groups excluding carboxylic acids is 2. The summed E-state index contributed by atoms with van der Waals surface area (Å²) >= 11 is 5.70. The second-order valence-electron chi connectivity index (χ2n) is 5.74. The number of ether oxygens (including phenoxy) is 2. The minimum atomic E-state index is -0.741. The lowest BCUT2D eigenvalue weighted by Crippen LogP contribution is -2.24. The summed E-state index contributed by atoms with van der Waals surface area (Å²) in [6, 6.07) is 9.31. The van der Waals surface area contributed by atoms with E-state index in [2.05, 4.69) is 5.32 Å². The molecular weight excluding hydrogens is 376 g/mol. The number of carbonyl (C=O) groups is 2. The normalized spacial score (nSPS) is 10.2. The Morgan fingerprint density at radius 3 is 2.41 bits per heavy atom. The molecule has 9 heteroatoms. The topological polar surface area (TPSA) is 108 Å². The number of hydrogen-bond acceptors (Lipinski definition) is 6. The molecule has 27 heavy (non-hydrogen) atoms. The van der Waals surface area contributed by atoms with Crippen molar-refractivity contribution in [2.24, 2.45) is 0 Å². The molecule has 0 heterocycles. The lowest BCUT2D eigenvalue weighted by atomic mass is 10.1. The molecule has 0 saturated heterocycles. The molecular formula is C18H17ClN2O6. The summed E-state index contributed by atoms with van der Waals surface area (Å²) in [5, 5.41) is 13.5. The van der Waals surface area contributed by atoms with Gasteiger partial charge in [0.25, 0.3) is 11.6 Å². The summed E-state index contributed by atoms with van der Waals surface area (Å²) in [6.07, 6.45) is 0. The molecule has 0 radical (unpaired) electrons. The number of hydrogen-bond donors (Lipinski definition) is 1. The van der Waals surface area contributed by atoms with Crippen LogP contribution >= 0.6 is 11.6 Å². The van der Waals surface area contributed by atoms with E-state index < -0.39 is 23.4 Å². The molecule has 0 unspecified atom stereocenters. The van der Waals surface area contributed by atoms with Crippen LogP contribution in [0.5, 0.6) is 5.75 Å². The average Bonchev–Trinajstić information content (AvgIpc) is 2.58. The lowest BCUT2D eigenvalue weighted by Gasteiger charge is -2.09. The Hall–Kier alpha value is -3.13. The number of aryl methyl sites for hydroxylation is 2. The van der Waals surface area contributed by atoms with Crippen LogP contribution in [-0.2, 0) is 14.3 Å². The Bertz CT molecular complexity index is 864.